The van der Waals surface area contributed by atoms with Crippen molar-refractivity contribution in [2.24, 2.45) is 0 Å². The normalized spacial score (nSPS) is 15.3. The summed E-state index contributed by atoms with van der Waals surface area (Å²) >= 11 is 0. The quantitative estimate of drug-likeness (QED) is 0.897. The van der Waals surface area contributed by atoms with Gasteiger partial charge in [0.15, 0.2) is 0 Å². The Labute approximate surface area is 130 Å². The number of benzene rings is 1. The van der Waals surface area contributed by atoms with Gasteiger partial charge in [-0.3, -0.25) is 0 Å². The summed E-state index contributed by atoms with van der Waals surface area (Å²) in [5, 5.41) is 5.82. The molecular weight excluding hydrogens is 282 g/mol. The molecule has 1 aliphatic rings. The van der Waals surface area contributed by atoms with Crippen molar-refractivity contribution >= 4 is 12.1 Å². The van der Waals surface area contributed by atoms with Crippen LogP contribution in [0.1, 0.15) is 24.0 Å². The molecule has 1 fully saturated rings. The van der Waals surface area contributed by atoms with E-state index in [1.54, 1.807) is 4.90 Å². The minimum Gasteiger partial charge on any atom is -0.453 e. The summed E-state index contributed by atoms with van der Waals surface area (Å²) in [4.78, 5) is 25.0. The van der Waals surface area contributed by atoms with Gasteiger partial charge in [0.2, 0.25) is 0 Å². The smallest absolute Gasteiger partial charge is 0.409 e. The van der Waals surface area contributed by atoms with Crippen molar-refractivity contribution in [3.63, 3.8) is 0 Å². The van der Waals surface area contributed by atoms with Crippen LogP contribution in [-0.4, -0.2) is 43.3 Å². The van der Waals surface area contributed by atoms with Crippen molar-refractivity contribution in [2.75, 3.05) is 20.2 Å². The molecule has 0 spiro atoms. The van der Waals surface area contributed by atoms with Gasteiger partial charge in [-0.15, -0.1) is 0 Å². The lowest BCUT2D eigenvalue weighted by Crippen LogP contribution is -2.49. The average molecular weight is 305 g/mol. The molecule has 1 aromatic carbocycles. The van der Waals surface area contributed by atoms with Crippen molar-refractivity contribution in [1.82, 2.24) is 15.5 Å². The van der Waals surface area contributed by atoms with Gasteiger partial charge < -0.3 is 20.3 Å². The molecule has 0 saturated carbocycles. The van der Waals surface area contributed by atoms with Gasteiger partial charge in [-0.1, -0.05) is 29.8 Å². The summed E-state index contributed by atoms with van der Waals surface area (Å²) < 4.78 is 4.69. The molecule has 3 amide bonds. The van der Waals surface area contributed by atoms with E-state index < -0.39 is 0 Å². The van der Waals surface area contributed by atoms with Gasteiger partial charge in [-0.2, -0.15) is 0 Å². The first-order valence-electron chi connectivity index (χ1n) is 7.51. The standard InChI is InChI=1S/C16H23N3O3/c1-12-4-3-5-13(10-12)11-17-15(20)18-14-6-8-19(9-7-14)16(21)22-2/h3-5,10,14H,6-9,11H2,1-2H3,(H2,17,18,20). The Hall–Kier alpha value is -2.24. The molecule has 6 nitrogen and oxygen atoms in total. The van der Waals surface area contributed by atoms with Crippen LogP contribution in [0.5, 0.6) is 0 Å². The SMILES string of the molecule is COC(=O)N1CCC(NC(=O)NCc2cccc(C)c2)CC1. The van der Waals surface area contributed by atoms with E-state index in [-0.39, 0.29) is 18.2 Å². The van der Waals surface area contributed by atoms with E-state index in [0.29, 0.717) is 19.6 Å². The number of nitrogens with one attached hydrogen (secondary N) is 2. The molecule has 1 heterocycles. The first kappa shape index (κ1) is 16.1. The van der Waals surface area contributed by atoms with Gasteiger partial charge in [0, 0.05) is 25.7 Å². The van der Waals surface area contributed by atoms with Crippen molar-refractivity contribution in [1.29, 1.82) is 0 Å². The van der Waals surface area contributed by atoms with Crippen LogP contribution < -0.4 is 10.6 Å². The molecule has 0 aliphatic carbocycles. The average Bonchev–Trinajstić information content (AvgIpc) is 2.53. The summed E-state index contributed by atoms with van der Waals surface area (Å²) in [6.45, 7) is 3.75. The summed E-state index contributed by atoms with van der Waals surface area (Å²) in [5.74, 6) is 0. The largest absolute Gasteiger partial charge is 0.453 e. The van der Waals surface area contributed by atoms with Crippen LogP contribution in [-0.2, 0) is 11.3 Å². The second-order valence-corrected chi connectivity index (χ2v) is 5.55. The minimum atomic E-state index is -0.303. The molecule has 120 valence electrons. The number of nitrogens with zero attached hydrogens (tertiary/aromatic N) is 1. The summed E-state index contributed by atoms with van der Waals surface area (Å²) in [6, 6.07) is 7.97. The Bertz CT molecular complexity index is 525. The van der Waals surface area contributed by atoms with Gasteiger partial charge in [0.25, 0.3) is 0 Å². The van der Waals surface area contributed by atoms with E-state index in [1.165, 1.54) is 12.7 Å². The molecule has 1 saturated heterocycles. The van der Waals surface area contributed by atoms with Crippen LogP contribution >= 0.6 is 0 Å². The number of methoxy groups -OCH3 is 1. The third-order valence-electron chi connectivity index (χ3n) is 3.80. The lowest BCUT2D eigenvalue weighted by molar-refractivity contribution is 0.110. The van der Waals surface area contributed by atoms with Crippen LogP contribution in [0.3, 0.4) is 0 Å². The predicted octanol–water partition coefficient (Wildman–Crippen LogP) is 2.03. The van der Waals surface area contributed by atoms with Crippen molar-refractivity contribution in [3.05, 3.63) is 35.4 Å². The number of rotatable bonds is 3. The predicted molar refractivity (Wildman–Crippen MR) is 83.6 cm³/mol. The molecule has 1 aromatic rings. The molecule has 0 atom stereocenters. The Morgan fingerprint density at radius 1 is 1.32 bits per heavy atom. The number of amides is 3. The highest BCUT2D eigenvalue weighted by atomic mass is 16.5. The Morgan fingerprint density at radius 2 is 2.05 bits per heavy atom. The number of likely N-dealkylation sites (tertiary alicyclic amines) is 1. The topological polar surface area (TPSA) is 70.7 Å². The number of ether oxygens (including phenoxy) is 1. The van der Waals surface area contributed by atoms with Gasteiger partial charge in [-0.25, -0.2) is 9.59 Å². The lowest BCUT2D eigenvalue weighted by Gasteiger charge is -2.31. The zero-order valence-corrected chi connectivity index (χ0v) is 13.1. The molecule has 22 heavy (non-hydrogen) atoms. The molecular formula is C16H23N3O3. The fourth-order valence-corrected chi connectivity index (χ4v) is 2.58. The third-order valence-corrected chi connectivity index (χ3v) is 3.80. The second-order valence-electron chi connectivity index (χ2n) is 5.55. The maximum Gasteiger partial charge on any atom is 0.409 e. The highest BCUT2D eigenvalue weighted by molar-refractivity contribution is 5.74. The highest BCUT2D eigenvalue weighted by Crippen LogP contribution is 2.11. The summed E-state index contributed by atoms with van der Waals surface area (Å²) in [7, 11) is 1.38. The van der Waals surface area contributed by atoms with E-state index in [2.05, 4.69) is 16.7 Å². The van der Waals surface area contributed by atoms with Gasteiger partial charge in [0.05, 0.1) is 7.11 Å². The Balaban J connectivity index is 1.71. The maximum absolute atomic E-state index is 11.9. The number of piperidine rings is 1. The fraction of sp³-hybridized carbons (Fsp3) is 0.500. The monoisotopic (exact) mass is 305 g/mol. The van der Waals surface area contributed by atoms with Gasteiger partial charge in [0.1, 0.15) is 0 Å². The van der Waals surface area contributed by atoms with E-state index in [1.807, 2.05) is 25.1 Å². The van der Waals surface area contributed by atoms with E-state index >= 15 is 0 Å². The number of hydrogen-bond donors (Lipinski definition) is 2. The fourth-order valence-electron chi connectivity index (χ4n) is 2.58. The van der Waals surface area contributed by atoms with Crippen LogP contribution in [0.4, 0.5) is 9.59 Å². The lowest BCUT2D eigenvalue weighted by atomic mass is 10.1. The van der Waals surface area contributed by atoms with Crippen LogP contribution in [0.2, 0.25) is 0 Å². The van der Waals surface area contributed by atoms with Gasteiger partial charge >= 0.3 is 12.1 Å². The van der Waals surface area contributed by atoms with Crippen LogP contribution in [0.25, 0.3) is 0 Å². The van der Waals surface area contributed by atoms with E-state index in [0.717, 1.165) is 18.4 Å². The first-order chi connectivity index (χ1) is 10.6. The summed E-state index contributed by atoms with van der Waals surface area (Å²) in [5.41, 5.74) is 2.26. The molecule has 0 unspecified atom stereocenters. The zero-order valence-electron chi connectivity index (χ0n) is 13.1. The Morgan fingerprint density at radius 3 is 2.68 bits per heavy atom. The third kappa shape index (κ3) is 4.65. The molecule has 0 aromatic heterocycles. The molecule has 0 bridgehead atoms. The number of carbonyl (C=O) groups is 2. The zero-order chi connectivity index (χ0) is 15.9. The van der Waals surface area contributed by atoms with Crippen molar-refractivity contribution in [3.8, 4) is 0 Å². The second kappa shape index (κ2) is 7.68. The highest BCUT2D eigenvalue weighted by Gasteiger charge is 2.23. The number of aryl methyl sites for hydroxylation is 1. The molecule has 6 heteroatoms. The summed E-state index contributed by atoms with van der Waals surface area (Å²) in [6.07, 6.45) is 1.18. The number of hydrogen-bond acceptors (Lipinski definition) is 3. The van der Waals surface area contributed by atoms with Crippen molar-refractivity contribution in [2.45, 2.75) is 32.4 Å². The Kier molecular flexibility index (Phi) is 5.63. The number of urea groups is 1. The van der Waals surface area contributed by atoms with Gasteiger partial charge in [-0.05, 0) is 25.3 Å². The van der Waals surface area contributed by atoms with Crippen LogP contribution in [0, 0.1) is 6.92 Å². The molecule has 2 rings (SSSR count). The minimum absolute atomic E-state index is 0.0958. The number of carbonyl (C=O) groups excluding carboxylic acids is 2. The van der Waals surface area contributed by atoms with E-state index in [4.69, 9.17) is 4.74 Å². The maximum atomic E-state index is 11.9. The first-order valence-corrected chi connectivity index (χ1v) is 7.51. The van der Waals surface area contributed by atoms with E-state index in [9.17, 15) is 9.59 Å². The molecule has 2 N–H and O–H groups in total. The molecule has 0 radical (unpaired) electrons. The van der Waals surface area contributed by atoms with Crippen molar-refractivity contribution < 1.29 is 14.3 Å². The van der Waals surface area contributed by atoms with Crippen LogP contribution in [0.15, 0.2) is 24.3 Å². The molecule has 1 aliphatic heterocycles.